The highest BCUT2D eigenvalue weighted by atomic mass is 19.1. The number of rotatable bonds is 6. The summed E-state index contributed by atoms with van der Waals surface area (Å²) in [7, 11) is 0. The SMILES string of the molecule is CC(=O)Nc1cccc(C(=O)OCC(=O)Nc2cc([N+](=O)[O-])ccc2F)c1. The standard InChI is InChI=1S/C17H14FN3O6/c1-10(22)19-12-4-2-3-11(7-12)17(24)27-9-16(23)20-15-8-13(21(25)26)5-6-14(15)18/h2-8H,9H2,1H3,(H,19,22)(H,20,23). The maximum atomic E-state index is 13.6. The molecule has 27 heavy (non-hydrogen) atoms. The number of esters is 1. The third-order valence-corrected chi connectivity index (χ3v) is 3.19. The topological polar surface area (TPSA) is 128 Å². The molecule has 0 aliphatic rings. The first kappa shape index (κ1) is 19.5. The number of ether oxygens (including phenoxy) is 1. The second-order valence-corrected chi connectivity index (χ2v) is 5.31. The highest BCUT2D eigenvalue weighted by molar-refractivity contribution is 5.97. The average molecular weight is 375 g/mol. The first-order chi connectivity index (χ1) is 12.8. The molecule has 0 saturated carbocycles. The van der Waals surface area contributed by atoms with E-state index in [1.807, 2.05) is 0 Å². The van der Waals surface area contributed by atoms with Gasteiger partial charge in [0.15, 0.2) is 6.61 Å². The highest BCUT2D eigenvalue weighted by Gasteiger charge is 2.15. The Morgan fingerprint density at radius 2 is 1.89 bits per heavy atom. The van der Waals surface area contributed by atoms with E-state index in [1.54, 1.807) is 6.07 Å². The molecule has 140 valence electrons. The van der Waals surface area contributed by atoms with Crippen molar-refractivity contribution in [2.24, 2.45) is 0 Å². The van der Waals surface area contributed by atoms with E-state index >= 15 is 0 Å². The van der Waals surface area contributed by atoms with E-state index in [4.69, 9.17) is 4.74 Å². The van der Waals surface area contributed by atoms with Crippen LogP contribution in [0.25, 0.3) is 0 Å². The number of non-ortho nitro benzene ring substituents is 1. The van der Waals surface area contributed by atoms with Crippen LogP contribution in [0.5, 0.6) is 0 Å². The van der Waals surface area contributed by atoms with Gasteiger partial charge in [0.05, 0.1) is 16.2 Å². The Bertz CT molecular complexity index is 915. The molecule has 0 aliphatic heterocycles. The minimum Gasteiger partial charge on any atom is -0.452 e. The summed E-state index contributed by atoms with van der Waals surface area (Å²) >= 11 is 0. The second-order valence-electron chi connectivity index (χ2n) is 5.31. The fourth-order valence-corrected chi connectivity index (χ4v) is 2.05. The number of carbonyl (C=O) groups excluding carboxylic acids is 3. The van der Waals surface area contributed by atoms with Crippen molar-refractivity contribution < 1.29 is 28.4 Å². The van der Waals surface area contributed by atoms with Crippen molar-refractivity contribution in [1.82, 2.24) is 0 Å². The molecule has 0 heterocycles. The predicted molar refractivity (Wildman–Crippen MR) is 92.7 cm³/mol. The Morgan fingerprint density at radius 3 is 2.56 bits per heavy atom. The van der Waals surface area contributed by atoms with Crippen molar-refractivity contribution in [1.29, 1.82) is 0 Å². The van der Waals surface area contributed by atoms with Crippen molar-refractivity contribution in [3.63, 3.8) is 0 Å². The van der Waals surface area contributed by atoms with Gasteiger partial charge >= 0.3 is 5.97 Å². The quantitative estimate of drug-likeness (QED) is 0.454. The summed E-state index contributed by atoms with van der Waals surface area (Å²) in [5, 5.41) is 15.3. The van der Waals surface area contributed by atoms with E-state index < -0.39 is 40.6 Å². The molecule has 2 aromatic carbocycles. The first-order valence-electron chi connectivity index (χ1n) is 7.55. The zero-order valence-corrected chi connectivity index (χ0v) is 14.0. The Balaban J connectivity index is 1.97. The number of hydrogen-bond donors (Lipinski definition) is 2. The molecule has 0 fully saturated rings. The highest BCUT2D eigenvalue weighted by Crippen LogP contribution is 2.21. The average Bonchev–Trinajstić information content (AvgIpc) is 2.61. The molecule has 0 atom stereocenters. The van der Waals surface area contributed by atoms with Gasteiger partial charge in [-0.2, -0.15) is 0 Å². The van der Waals surface area contributed by atoms with Gasteiger partial charge in [-0.3, -0.25) is 19.7 Å². The fraction of sp³-hybridized carbons (Fsp3) is 0.118. The van der Waals surface area contributed by atoms with Gasteiger partial charge in [0.1, 0.15) is 5.82 Å². The smallest absolute Gasteiger partial charge is 0.338 e. The van der Waals surface area contributed by atoms with Crippen molar-refractivity contribution in [3.8, 4) is 0 Å². The lowest BCUT2D eigenvalue weighted by atomic mass is 10.2. The molecular formula is C17H14FN3O6. The molecular weight excluding hydrogens is 361 g/mol. The lowest BCUT2D eigenvalue weighted by Gasteiger charge is -2.08. The Morgan fingerprint density at radius 1 is 1.15 bits per heavy atom. The van der Waals surface area contributed by atoms with Crippen LogP contribution in [-0.2, 0) is 14.3 Å². The van der Waals surface area contributed by atoms with Crippen LogP contribution in [0.1, 0.15) is 17.3 Å². The number of nitrogens with zero attached hydrogens (tertiary/aromatic N) is 1. The van der Waals surface area contributed by atoms with Crippen LogP contribution in [0, 0.1) is 15.9 Å². The summed E-state index contributed by atoms with van der Waals surface area (Å²) in [5.74, 6) is -2.90. The van der Waals surface area contributed by atoms with E-state index in [0.29, 0.717) is 5.69 Å². The van der Waals surface area contributed by atoms with Crippen molar-refractivity contribution >= 4 is 34.8 Å². The monoisotopic (exact) mass is 375 g/mol. The molecule has 10 heteroatoms. The van der Waals surface area contributed by atoms with Crippen LogP contribution in [-0.4, -0.2) is 29.3 Å². The molecule has 0 saturated heterocycles. The number of hydrogen-bond acceptors (Lipinski definition) is 6. The van der Waals surface area contributed by atoms with Gasteiger partial charge in [-0.1, -0.05) is 6.07 Å². The summed E-state index contributed by atoms with van der Waals surface area (Å²) in [6, 6.07) is 8.51. The van der Waals surface area contributed by atoms with Crippen LogP contribution >= 0.6 is 0 Å². The molecule has 0 bridgehead atoms. The first-order valence-corrected chi connectivity index (χ1v) is 7.55. The second kappa shape index (κ2) is 8.52. The molecule has 2 aromatic rings. The molecule has 2 amide bonds. The molecule has 0 unspecified atom stereocenters. The lowest BCUT2D eigenvalue weighted by molar-refractivity contribution is -0.384. The van der Waals surface area contributed by atoms with E-state index in [1.165, 1.54) is 25.1 Å². The van der Waals surface area contributed by atoms with Crippen molar-refractivity contribution in [3.05, 3.63) is 64.0 Å². The minimum atomic E-state index is -0.874. The van der Waals surface area contributed by atoms with Gasteiger partial charge < -0.3 is 15.4 Å². The maximum Gasteiger partial charge on any atom is 0.338 e. The number of nitro groups is 1. The van der Waals surface area contributed by atoms with E-state index in [0.717, 1.165) is 18.2 Å². The molecule has 2 rings (SSSR count). The number of anilines is 2. The summed E-state index contributed by atoms with van der Waals surface area (Å²) in [6.07, 6.45) is 0. The van der Waals surface area contributed by atoms with E-state index in [9.17, 15) is 28.9 Å². The summed E-state index contributed by atoms with van der Waals surface area (Å²) in [4.78, 5) is 44.8. The minimum absolute atomic E-state index is 0.0931. The zero-order chi connectivity index (χ0) is 20.0. The molecule has 0 aliphatic carbocycles. The van der Waals surface area contributed by atoms with Gasteiger partial charge in [0.25, 0.3) is 11.6 Å². The van der Waals surface area contributed by atoms with E-state index in [-0.39, 0.29) is 11.5 Å². The lowest BCUT2D eigenvalue weighted by Crippen LogP contribution is -2.21. The molecule has 0 spiro atoms. The van der Waals surface area contributed by atoms with Crippen LogP contribution in [0.2, 0.25) is 0 Å². The predicted octanol–water partition coefficient (Wildman–Crippen LogP) is 2.49. The number of benzene rings is 2. The van der Waals surface area contributed by atoms with Gasteiger partial charge in [-0.25, -0.2) is 9.18 Å². The van der Waals surface area contributed by atoms with Crippen molar-refractivity contribution in [2.45, 2.75) is 6.92 Å². The van der Waals surface area contributed by atoms with Crippen LogP contribution in [0.15, 0.2) is 42.5 Å². The summed E-state index contributed by atoms with van der Waals surface area (Å²) < 4.78 is 18.4. The third-order valence-electron chi connectivity index (χ3n) is 3.19. The summed E-state index contributed by atoms with van der Waals surface area (Å²) in [6.45, 7) is 0.577. The number of nitrogens with one attached hydrogen (secondary N) is 2. The van der Waals surface area contributed by atoms with Crippen LogP contribution in [0.4, 0.5) is 21.5 Å². The molecule has 0 aromatic heterocycles. The van der Waals surface area contributed by atoms with Gasteiger partial charge in [0, 0.05) is 24.7 Å². The largest absolute Gasteiger partial charge is 0.452 e. The maximum absolute atomic E-state index is 13.6. The van der Waals surface area contributed by atoms with Crippen molar-refractivity contribution in [2.75, 3.05) is 17.2 Å². The van der Waals surface area contributed by atoms with Gasteiger partial charge in [-0.05, 0) is 24.3 Å². The number of carbonyl (C=O) groups is 3. The number of nitro benzene ring substituents is 1. The normalized spacial score (nSPS) is 10.0. The Labute approximate surface area is 152 Å². The Kier molecular flexibility index (Phi) is 6.15. The molecule has 0 radical (unpaired) electrons. The Hall–Kier alpha value is -3.82. The summed E-state index contributed by atoms with van der Waals surface area (Å²) in [5.41, 5.74) is -0.341. The molecule has 9 nitrogen and oxygen atoms in total. The third kappa shape index (κ3) is 5.59. The number of amides is 2. The van der Waals surface area contributed by atoms with Gasteiger partial charge in [-0.15, -0.1) is 0 Å². The molecule has 2 N–H and O–H groups in total. The van der Waals surface area contributed by atoms with Crippen LogP contribution < -0.4 is 10.6 Å². The van der Waals surface area contributed by atoms with E-state index in [2.05, 4.69) is 10.6 Å². The zero-order valence-electron chi connectivity index (χ0n) is 14.0. The fourth-order valence-electron chi connectivity index (χ4n) is 2.05. The van der Waals surface area contributed by atoms with Crippen LogP contribution in [0.3, 0.4) is 0 Å². The van der Waals surface area contributed by atoms with Gasteiger partial charge in [0.2, 0.25) is 5.91 Å². The number of halogens is 1.